The Hall–Kier alpha value is -0.850. The highest BCUT2D eigenvalue weighted by Gasteiger charge is 2.25. The van der Waals surface area contributed by atoms with Crippen LogP contribution in [0, 0.1) is 5.92 Å². The van der Waals surface area contributed by atoms with Crippen molar-refractivity contribution in [2.75, 3.05) is 32.9 Å². The van der Waals surface area contributed by atoms with Crippen LogP contribution in [0.5, 0.6) is 0 Å². The topological polar surface area (TPSA) is 79.8 Å². The van der Waals surface area contributed by atoms with Gasteiger partial charge in [0.15, 0.2) is 0 Å². The third-order valence-corrected chi connectivity index (χ3v) is 3.92. The highest BCUT2D eigenvalue weighted by molar-refractivity contribution is 5.67. The molecule has 0 aliphatic heterocycles. The zero-order valence-electron chi connectivity index (χ0n) is 14.9. The van der Waals surface area contributed by atoms with Gasteiger partial charge in [0, 0.05) is 19.2 Å². The van der Waals surface area contributed by atoms with E-state index >= 15 is 0 Å². The molecule has 2 unspecified atom stereocenters. The monoisotopic (exact) mass is 330 g/mol. The lowest BCUT2D eigenvalue weighted by atomic mass is 9.84. The lowest BCUT2D eigenvalue weighted by molar-refractivity contribution is 0.0510. The van der Waals surface area contributed by atoms with Crippen LogP contribution < -0.4 is 10.6 Å². The zero-order chi connectivity index (χ0) is 17.1. The Morgan fingerprint density at radius 1 is 1.22 bits per heavy atom. The van der Waals surface area contributed by atoms with Crippen molar-refractivity contribution in [2.45, 2.75) is 64.5 Å². The first-order valence-corrected chi connectivity index (χ1v) is 8.81. The largest absolute Gasteiger partial charge is 0.444 e. The van der Waals surface area contributed by atoms with Crippen LogP contribution in [0.4, 0.5) is 4.79 Å². The molecule has 0 aromatic carbocycles. The summed E-state index contributed by atoms with van der Waals surface area (Å²) in [5.74, 6) is 0.453. The molecule has 0 spiro atoms. The van der Waals surface area contributed by atoms with Gasteiger partial charge in [-0.05, 0) is 52.5 Å². The molecule has 0 heterocycles. The summed E-state index contributed by atoms with van der Waals surface area (Å²) in [5.41, 5.74) is -0.455. The lowest BCUT2D eigenvalue weighted by Crippen LogP contribution is -2.45. The first kappa shape index (κ1) is 20.2. The molecule has 6 nitrogen and oxygen atoms in total. The second kappa shape index (κ2) is 10.8. The zero-order valence-corrected chi connectivity index (χ0v) is 14.9. The van der Waals surface area contributed by atoms with Crippen molar-refractivity contribution < 1.29 is 19.4 Å². The second-order valence-electron chi connectivity index (χ2n) is 7.18. The molecule has 1 amide bonds. The van der Waals surface area contributed by atoms with Crippen LogP contribution in [0.25, 0.3) is 0 Å². The quantitative estimate of drug-likeness (QED) is 0.564. The number of rotatable bonds is 9. The van der Waals surface area contributed by atoms with Gasteiger partial charge in [-0.1, -0.05) is 12.8 Å². The Bertz CT molecular complexity index is 331. The average molecular weight is 330 g/mol. The minimum atomic E-state index is -0.455. The van der Waals surface area contributed by atoms with E-state index in [2.05, 4.69) is 10.6 Å². The van der Waals surface area contributed by atoms with Crippen LogP contribution in [0.3, 0.4) is 0 Å². The van der Waals surface area contributed by atoms with Crippen molar-refractivity contribution >= 4 is 6.09 Å². The first-order chi connectivity index (χ1) is 10.9. The molecule has 1 rings (SSSR count). The summed E-state index contributed by atoms with van der Waals surface area (Å²) in [6.45, 7) is 8.33. The van der Waals surface area contributed by atoms with Gasteiger partial charge in [-0.3, -0.25) is 0 Å². The molecule has 0 bridgehead atoms. The van der Waals surface area contributed by atoms with E-state index in [-0.39, 0.29) is 12.7 Å². The molecule has 0 aromatic rings. The number of aliphatic hydroxyl groups is 1. The standard InChI is InChI=1S/C17H34N2O4/c1-17(2,3)23-16(21)19-13-14-7-4-5-8-15(14)18-9-6-11-22-12-10-20/h14-15,18,20H,4-13H2,1-3H3,(H,19,21). The Kier molecular flexibility index (Phi) is 9.52. The molecule has 1 aliphatic carbocycles. The minimum absolute atomic E-state index is 0.0778. The fourth-order valence-corrected chi connectivity index (χ4v) is 2.88. The van der Waals surface area contributed by atoms with E-state index in [4.69, 9.17) is 14.6 Å². The molecule has 1 saturated carbocycles. The Balaban J connectivity index is 2.24. The van der Waals surface area contributed by atoms with Gasteiger partial charge in [0.25, 0.3) is 0 Å². The summed E-state index contributed by atoms with van der Waals surface area (Å²) in [6, 6.07) is 0.441. The number of nitrogens with one attached hydrogen (secondary N) is 2. The Labute approximate surface area is 140 Å². The summed E-state index contributed by atoms with van der Waals surface area (Å²) in [6.07, 6.45) is 5.34. The van der Waals surface area contributed by atoms with Gasteiger partial charge in [0.2, 0.25) is 0 Å². The molecule has 136 valence electrons. The van der Waals surface area contributed by atoms with Crippen molar-refractivity contribution in [3.8, 4) is 0 Å². The smallest absolute Gasteiger partial charge is 0.407 e. The van der Waals surface area contributed by atoms with E-state index < -0.39 is 5.60 Å². The number of alkyl carbamates (subject to hydrolysis) is 1. The van der Waals surface area contributed by atoms with Crippen molar-refractivity contribution in [3.05, 3.63) is 0 Å². The third kappa shape index (κ3) is 9.79. The van der Waals surface area contributed by atoms with Gasteiger partial charge >= 0.3 is 6.09 Å². The number of aliphatic hydroxyl groups excluding tert-OH is 1. The molecule has 2 atom stereocenters. The molecule has 1 fully saturated rings. The van der Waals surface area contributed by atoms with Crippen molar-refractivity contribution in [2.24, 2.45) is 5.92 Å². The number of hydrogen-bond donors (Lipinski definition) is 3. The highest BCUT2D eigenvalue weighted by Crippen LogP contribution is 2.24. The van der Waals surface area contributed by atoms with E-state index in [1.165, 1.54) is 12.8 Å². The van der Waals surface area contributed by atoms with Crippen LogP contribution in [0.15, 0.2) is 0 Å². The second-order valence-corrected chi connectivity index (χ2v) is 7.18. The molecule has 3 N–H and O–H groups in total. The third-order valence-electron chi connectivity index (χ3n) is 3.92. The van der Waals surface area contributed by atoms with Gasteiger partial charge in [-0.2, -0.15) is 0 Å². The Morgan fingerprint density at radius 3 is 2.65 bits per heavy atom. The minimum Gasteiger partial charge on any atom is -0.444 e. The maximum Gasteiger partial charge on any atom is 0.407 e. The molecule has 0 aromatic heterocycles. The van der Waals surface area contributed by atoms with Crippen LogP contribution in [0.1, 0.15) is 52.9 Å². The summed E-state index contributed by atoms with van der Waals surface area (Å²) < 4.78 is 10.6. The van der Waals surface area contributed by atoms with Crippen LogP contribution >= 0.6 is 0 Å². The van der Waals surface area contributed by atoms with Crippen molar-refractivity contribution in [1.82, 2.24) is 10.6 Å². The molecule has 23 heavy (non-hydrogen) atoms. The molecule has 6 heteroatoms. The number of ether oxygens (including phenoxy) is 2. The number of carbonyl (C=O) groups is 1. The van der Waals surface area contributed by atoms with Gasteiger partial charge in [0.05, 0.1) is 13.2 Å². The summed E-state index contributed by atoms with van der Waals surface area (Å²) in [5, 5.41) is 15.1. The van der Waals surface area contributed by atoms with Gasteiger partial charge in [-0.15, -0.1) is 0 Å². The van der Waals surface area contributed by atoms with E-state index in [1.54, 1.807) is 0 Å². The normalized spacial score (nSPS) is 21.9. The fourth-order valence-electron chi connectivity index (χ4n) is 2.88. The molecule has 0 radical (unpaired) electrons. The average Bonchev–Trinajstić information content (AvgIpc) is 2.48. The highest BCUT2D eigenvalue weighted by atomic mass is 16.6. The van der Waals surface area contributed by atoms with Crippen molar-refractivity contribution in [3.63, 3.8) is 0 Å². The molecule has 1 aliphatic rings. The van der Waals surface area contributed by atoms with Crippen molar-refractivity contribution in [1.29, 1.82) is 0 Å². The summed E-state index contributed by atoms with van der Waals surface area (Å²) in [7, 11) is 0. The fraction of sp³-hybridized carbons (Fsp3) is 0.941. The van der Waals surface area contributed by atoms with E-state index in [0.717, 1.165) is 25.8 Å². The van der Waals surface area contributed by atoms with Crippen LogP contribution in [-0.2, 0) is 9.47 Å². The number of carbonyl (C=O) groups excluding carboxylic acids is 1. The SMILES string of the molecule is CC(C)(C)OC(=O)NCC1CCCCC1NCCCOCCO. The van der Waals surface area contributed by atoms with Gasteiger partial charge < -0.3 is 25.2 Å². The lowest BCUT2D eigenvalue weighted by Gasteiger charge is -2.32. The van der Waals surface area contributed by atoms with Crippen LogP contribution in [0.2, 0.25) is 0 Å². The maximum absolute atomic E-state index is 11.8. The van der Waals surface area contributed by atoms with E-state index in [1.807, 2.05) is 20.8 Å². The maximum atomic E-state index is 11.8. The van der Waals surface area contributed by atoms with Crippen LogP contribution in [-0.4, -0.2) is 55.8 Å². The molecular weight excluding hydrogens is 296 g/mol. The van der Waals surface area contributed by atoms with E-state index in [0.29, 0.717) is 31.7 Å². The number of hydrogen-bond acceptors (Lipinski definition) is 5. The number of amides is 1. The Morgan fingerprint density at radius 2 is 1.96 bits per heavy atom. The first-order valence-electron chi connectivity index (χ1n) is 8.81. The van der Waals surface area contributed by atoms with Gasteiger partial charge in [0.1, 0.15) is 5.60 Å². The van der Waals surface area contributed by atoms with E-state index in [9.17, 15) is 4.79 Å². The summed E-state index contributed by atoms with van der Waals surface area (Å²) in [4.78, 5) is 11.8. The predicted octanol–water partition coefficient (Wildman–Crippen LogP) is 2.06. The van der Waals surface area contributed by atoms with Gasteiger partial charge in [-0.25, -0.2) is 4.79 Å². The predicted molar refractivity (Wildman–Crippen MR) is 90.5 cm³/mol. The molecule has 0 saturated heterocycles. The summed E-state index contributed by atoms with van der Waals surface area (Å²) >= 11 is 0. The molecular formula is C17H34N2O4.